The van der Waals surface area contributed by atoms with Gasteiger partial charge in [-0.2, -0.15) is 0 Å². The van der Waals surface area contributed by atoms with Crippen LogP contribution in [0, 0.1) is 0 Å². The molecule has 0 saturated heterocycles. The van der Waals surface area contributed by atoms with E-state index < -0.39 is 0 Å². The smallest absolute Gasteiger partial charge is 0.0238 e. The predicted octanol–water partition coefficient (Wildman–Crippen LogP) is 7.91. The van der Waals surface area contributed by atoms with Gasteiger partial charge in [0.2, 0.25) is 0 Å². The van der Waals surface area contributed by atoms with Gasteiger partial charge in [0.15, 0.2) is 0 Å². The molecule has 0 amide bonds. The summed E-state index contributed by atoms with van der Waals surface area (Å²) in [6.07, 6.45) is 13.0. The fourth-order valence-electron chi connectivity index (χ4n) is 4.14. The zero-order chi connectivity index (χ0) is 21.6. The summed E-state index contributed by atoms with van der Waals surface area (Å²) in [4.78, 5) is 0. The highest BCUT2D eigenvalue weighted by Crippen LogP contribution is 2.16. The minimum atomic E-state index is 1.06. The van der Waals surface area contributed by atoms with Crippen molar-refractivity contribution in [2.45, 2.75) is 25.7 Å². The summed E-state index contributed by atoms with van der Waals surface area (Å²) < 4.78 is 0. The van der Waals surface area contributed by atoms with Crippen molar-refractivity contribution in [3.63, 3.8) is 0 Å². The van der Waals surface area contributed by atoms with E-state index in [1.165, 1.54) is 44.5 Å². The second kappa shape index (κ2) is 9.66. The molecule has 0 nitrogen and oxygen atoms in total. The number of benzene rings is 4. The monoisotopic (exact) mass is 412 g/mol. The first-order chi connectivity index (χ1) is 15.8. The molecule has 0 unspecified atom stereocenters. The van der Waals surface area contributed by atoms with Gasteiger partial charge in [0.25, 0.3) is 0 Å². The Labute approximate surface area is 191 Å². The van der Waals surface area contributed by atoms with Crippen LogP contribution in [0.5, 0.6) is 0 Å². The van der Waals surface area contributed by atoms with Crippen molar-refractivity contribution in [1.29, 1.82) is 0 Å². The fourth-order valence-corrected chi connectivity index (χ4v) is 4.14. The van der Waals surface area contributed by atoms with E-state index in [0.717, 1.165) is 25.7 Å². The molecule has 4 aromatic carbocycles. The maximum Gasteiger partial charge on any atom is -0.0238 e. The first-order valence-corrected chi connectivity index (χ1v) is 11.5. The lowest BCUT2D eigenvalue weighted by atomic mass is 10.0. The van der Waals surface area contributed by atoms with Gasteiger partial charge in [-0.15, -0.1) is 0 Å². The summed E-state index contributed by atoms with van der Waals surface area (Å²) >= 11 is 0. The van der Waals surface area contributed by atoms with Gasteiger partial charge in [-0.1, -0.05) is 121 Å². The van der Waals surface area contributed by atoms with Gasteiger partial charge in [0, 0.05) is 0 Å². The number of hydrogen-bond donors (Lipinski definition) is 0. The topological polar surface area (TPSA) is 0 Å². The molecule has 0 radical (unpaired) electrons. The first-order valence-electron chi connectivity index (χ1n) is 11.5. The molecule has 11 rings (SSSR count). The number of rotatable bonds is 0. The van der Waals surface area contributed by atoms with Crippen LogP contribution in [0.4, 0.5) is 0 Å². The minimum absolute atomic E-state index is 1.06. The van der Waals surface area contributed by atoms with E-state index in [-0.39, 0.29) is 0 Å². The Morgan fingerprint density at radius 3 is 0.625 bits per heavy atom. The van der Waals surface area contributed by atoms with Crippen LogP contribution in [-0.4, -0.2) is 0 Å². The number of aryl methyl sites for hydroxylation is 4. The van der Waals surface area contributed by atoms with Crippen LogP contribution in [0.15, 0.2) is 97.1 Å². The summed E-state index contributed by atoms with van der Waals surface area (Å²) in [6.45, 7) is 0. The Balaban J connectivity index is 1.41. The third-order valence-corrected chi connectivity index (χ3v) is 6.26. The lowest BCUT2D eigenvalue weighted by molar-refractivity contribution is 0.960. The molecule has 0 fully saturated rings. The lowest BCUT2D eigenvalue weighted by Gasteiger charge is -2.05. The van der Waals surface area contributed by atoms with Crippen molar-refractivity contribution in [2.75, 3.05) is 0 Å². The van der Waals surface area contributed by atoms with E-state index in [2.05, 4.69) is 121 Å². The Morgan fingerprint density at radius 1 is 0.250 bits per heavy atom. The highest BCUT2D eigenvalue weighted by molar-refractivity contribution is 5.70. The summed E-state index contributed by atoms with van der Waals surface area (Å²) in [5, 5.41) is 0. The second-order valence-electron chi connectivity index (χ2n) is 8.63. The molecular weight excluding hydrogens is 384 g/mol. The largest absolute Gasteiger partial charge is 0.0584 e. The van der Waals surface area contributed by atoms with E-state index >= 15 is 0 Å². The summed E-state index contributed by atoms with van der Waals surface area (Å²) in [7, 11) is 0. The van der Waals surface area contributed by atoms with Gasteiger partial charge >= 0.3 is 0 Å². The van der Waals surface area contributed by atoms with Gasteiger partial charge in [-0.25, -0.2) is 0 Å². The maximum atomic E-state index is 2.25. The summed E-state index contributed by atoms with van der Waals surface area (Å²) in [5.41, 5.74) is 10.5. The van der Waals surface area contributed by atoms with Crippen LogP contribution < -0.4 is 0 Å². The van der Waals surface area contributed by atoms with E-state index in [4.69, 9.17) is 0 Å². The van der Waals surface area contributed by atoms with Crippen molar-refractivity contribution in [3.05, 3.63) is 142 Å². The van der Waals surface area contributed by atoms with Crippen molar-refractivity contribution >= 4 is 24.3 Å². The predicted molar refractivity (Wildman–Crippen MR) is 138 cm³/mol. The van der Waals surface area contributed by atoms with Gasteiger partial charge < -0.3 is 0 Å². The summed E-state index contributed by atoms with van der Waals surface area (Å²) in [6, 6.07) is 35.8. The average molecular weight is 413 g/mol. The highest BCUT2D eigenvalue weighted by Gasteiger charge is 2.00. The number of hydrogen-bond acceptors (Lipinski definition) is 0. The van der Waals surface area contributed by atoms with Gasteiger partial charge in [-0.05, 0) is 70.2 Å². The summed E-state index contributed by atoms with van der Waals surface area (Å²) in [5.74, 6) is 0. The third kappa shape index (κ3) is 5.34. The molecule has 0 aromatic heterocycles. The molecule has 32 heavy (non-hydrogen) atoms. The Hall–Kier alpha value is -3.64. The first kappa shape index (κ1) is 20.3. The minimum Gasteiger partial charge on any atom is -0.0584 e. The molecule has 0 spiro atoms. The fraction of sp³-hybridized carbons (Fsp3) is 0.125. The third-order valence-electron chi connectivity index (χ3n) is 6.26. The van der Waals surface area contributed by atoms with Crippen molar-refractivity contribution in [3.8, 4) is 0 Å². The molecular formula is C32H28. The van der Waals surface area contributed by atoms with E-state index in [1.54, 1.807) is 0 Å². The molecule has 0 heterocycles. The van der Waals surface area contributed by atoms with Gasteiger partial charge in [0.1, 0.15) is 0 Å². The van der Waals surface area contributed by atoms with Crippen LogP contribution in [0.3, 0.4) is 0 Å². The zero-order valence-electron chi connectivity index (χ0n) is 18.4. The Bertz CT molecular complexity index is 1000. The lowest BCUT2D eigenvalue weighted by Crippen LogP contribution is -1.92. The van der Waals surface area contributed by atoms with Gasteiger partial charge in [0.05, 0.1) is 0 Å². The van der Waals surface area contributed by atoms with Crippen molar-refractivity contribution in [1.82, 2.24) is 0 Å². The Kier molecular flexibility index (Phi) is 6.12. The molecule has 7 aliphatic carbocycles. The van der Waals surface area contributed by atoms with Crippen molar-refractivity contribution in [2.24, 2.45) is 0 Å². The maximum absolute atomic E-state index is 2.25. The Morgan fingerprint density at radius 2 is 0.438 bits per heavy atom. The molecule has 7 aliphatic rings. The molecule has 0 heteroatoms. The normalized spacial score (nSPS) is 13.5. The van der Waals surface area contributed by atoms with Crippen LogP contribution in [0.1, 0.15) is 44.5 Å². The molecule has 0 saturated carbocycles. The average Bonchev–Trinajstić information content (AvgIpc) is 2.86. The zero-order valence-corrected chi connectivity index (χ0v) is 18.4. The van der Waals surface area contributed by atoms with Gasteiger partial charge in [-0.3, -0.25) is 0 Å². The molecule has 0 atom stereocenters. The van der Waals surface area contributed by atoms with Crippen LogP contribution in [-0.2, 0) is 25.7 Å². The van der Waals surface area contributed by atoms with E-state index in [9.17, 15) is 0 Å². The van der Waals surface area contributed by atoms with E-state index in [0.29, 0.717) is 0 Å². The molecule has 4 aromatic rings. The highest BCUT2D eigenvalue weighted by atomic mass is 14.0. The van der Waals surface area contributed by atoms with Crippen molar-refractivity contribution < 1.29 is 0 Å². The van der Waals surface area contributed by atoms with Crippen LogP contribution >= 0.6 is 0 Å². The quantitative estimate of drug-likeness (QED) is 0.275. The van der Waals surface area contributed by atoms with Crippen LogP contribution in [0.2, 0.25) is 0 Å². The van der Waals surface area contributed by atoms with Crippen LogP contribution in [0.25, 0.3) is 24.3 Å². The standard InChI is InChI=1S/C32H28/c1-2-26-4-3-25(1)17-18-27-5-7-29(8-6-27)21-22-31-13-15-32(16-14-31)24-23-30-11-9-28(10-12-30)20-19-26/h1-18,23-24H,19-22H2. The molecule has 0 N–H and O–H groups in total. The van der Waals surface area contributed by atoms with E-state index in [1.807, 2.05) is 0 Å². The molecule has 156 valence electrons. The molecule has 8 bridgehead atoms. The SMILES string of the molecule is C1=Cc2ccc(cc2)CCc2ccc(cc2)C=Cc2ccc(cc2)CCc2ccc1cc2. The second-order valence-corrected chi connectivity index (χ2v) is 8.63. The molecule has 0 aliphatic heterocycles.